The van der Waals surface area contributed by atoms with Gasteiger partial charge in [0.05, 0.1) is 5.66 Å². The van der Waals surface area contributed by atoms with E-state index in [9.17, 15) is 26.3 Å². The van der Waals surface area contributed by atoms with Crippen LogP contribution in [0.3, 0.4) is 0 Å². The number of alkyl halides is 6. The molecular formula is C8H14CuF6N2O6S2. The summed E-state index contributed by atoms with van der Waals surface area (Å²) >= 11 is 0. The average Bonchev–Trinajstić information content (AvgIpc) is 2.24. The molecule has 0 aliphatic heterocycles. The van der Waals surface area contributed by atoms with Crippen molar-refractivity contribution in [1.82, 2.24) is 0 Å². The van der Waals surface area contributed by atoms with Crippen LogP contribution < -0.4 is 11.5 Å². The zero-order chi connectivity index (χ0) is 20.0. The first kappa shape index (κ1) is 29.6. The van der Waals surface area contributed by atoms with Gasteiger partial charge in [-0.15, -0.1) is 0 Å². The molecule has 17 heteroatoms. The maximum Gasteiger partial charge on any atom is 2.00 e. The molecule has 0 atom stereocenters. The first-order valence-corrected chi connectivity index (χ1v) is 8.64. The monoisotopic (exact) mass is 475 g/mol. The maximum atomic E-state index is 10.7. The van der Waals surface area contributed by atoms with Crippen LogP contribution in [0.4, 0.5) is 26.3 Å². The van der Waals surface area contributed by atoms with Crippen molar-refractivity contribution in [3.8, 4) is 0 Å². The van der Waals surface area contributed by atoms with Gasteiger partial charge in [-0.25, -0.2) is 16.8 Å². The standard InChI is InChI=1S/C6H14N2.2CHF3O3S.Cu/c7-6(8)4-2-1-3-5-6;2*2-1(3,4)8(5,6)7;/h1-5,7-8H2;2*(H,5,6,7);/q;;;+2/p-2. The Kier molecular flexibility index (Phi) is 12.1. The Labute approximate surface area is 150 Å². The minimum atomic E-state index is -6.09. The predicted molar refractivity (Wildman–Crippen MR) is 65.7 cm³/mol. The molecule has 8 nitrogen and oxygen atoms in total. The number of rotatable bonds is 0. The van der Waals surface area contributed by atoms with Gasteiger partial charge in [0.15, 0.2) is 20.2 Å². The molecule has 0 aromatic heterocycles. The molecule has 0 saturated heterocycles. The molecule has 0 unspecified atom stereocenters. The molecule has 0 spiro atoms. The average molecular weight is 476 g/mol. The summed E-state index contributed by atoms with van der Waals surface area (Å²) in [6, 6.07) is 0. The van der Waals surface area contributed by atoms with Gasteiger partial charge in [0.2, 0.25) is 0 Å². The van der Waals surface area contributed by atoms with Crippen LogP contribution in [-0.2, 0) is 37.3 Å². The first-order valence-electron chi connectivity index (χ1n) is 5.83. The Morgan fingerprint density at radius 2 is 0.920 bits per heavy atom. The largest absolute Gasteiger partial charge is 2.00 e. The van der Waals surface area contributed by atoms with E-state index in [2.05, 4.69) is 0 Å². The van der Waals surface area contributed by atoms with Gasteiger partial charge in [-0.2, -0.15) is 26.3 Å². The van der Waals surface area contributed by atoms with Crippen molar-refractivity contribution in [2.75, 3.05) is 0 Å². The van der Waals surface area contributed by atoms with Crippen molar-refractivity contribution >= 4 is 20.2 Å². The van der Waals surface area contributed by atoms with Gasteiger partial charge < -0.3 is 20.6 Å². The van der Waals surface area contributed by atoms with Gasteiger partial charge in [-0.05, 0) is 12.8 Å². The molecule has 1 aliphatic rings. The van der Waals surface area contributed by atoms with E-state index in [1.807, 2.05) is 0 Å². The SMILES string of the molecule is NC1(N)CCCCC1.O=S(=O)([O-])C(F)(F)F.O=S(=O)([O-])C(F)(F)F.[Cu+2]. The van der Waals surface area contributed by atoms with Crippen LogP contribution in [0.5, 0.6) is 0 Å². The third kappa shape index (κ3) is 14.7. The number of hydrogen-bond acceptors (Lipinski definition) is 8. The summed E-state index contributed by atoms with van der Waals surface area (Å²) in [6.07, 6.45) is 5.76. The van der Waals surface area contributed by atoms with E-state index in [0.717, 1.165) is 12.8 Å². The predicted octanol–water partition coefficient (Wildman–Crippen LogP) is 0.664. The summed E-state index contributed by atoms with van der Waals surface area (Å²) in [5.41, 5.74) is -0.302. The van der Waals surface area contributed by atoms with Crippen LogP contribution in [0.15, 0.2) is 0 Å². The molecule has 1 saturated carbocycles. The zero-order valence-corrected chi connectivity index (χ0v) is 14.6. The summed E-state index contributed by atoms with van der Waals surface area (Å²) in [7, 11) is -12.2. The maximum absolute atomic E-state index is 10.7. The van der Waals surface area contributed by atoms with Crippen molar-refractivity contribution < 1.29 is 69.4 Å². The molecular weight excluding hydrogens is 462 g/mol. The molecule has 0 heterocycles. The second kappa shape index (κ2) is 10.2. The van der Waals surface area contributed by atoms with Crippen molar-refractivity contribution in [2.24, 2.45) is 11.5 Å². The molecule has 1 fully saturated rings. The number of hydrogen-bond donors (Lipinski definition) is 2. The van der Waals surface area contributed by atoms with Gasteiger partial charge >= 0.3 is 28.1 Å². The Hall–Kier alpha value is -0.161. The minimum Gasteiger partial charge on any atom is -0.741 e. The Balaban J connectivity index is -0.000000285. The number of nitrogens with two attached hydrogens (primary N) is 2. The molecule has 157 valence electrons. The van der Waals surface area contributed by atoms with Crippen molar-refractivity contribution in [3.63, 3.8) is 0 Å². The molecule has 25 heavy (non-hydrogen) atoms. The van der Waals surface area contributed by atoms with Gasteiger partial charge in [-0.3, -0.25) is 0 Å². The fourth-order valence-corrected chi connectivity index (χ4v) is 1.21. The van der Waals surface area contributed by atoms with Crippen molar-refractivity contribution in [3.05, 3.63) is 0 Å². The summed E-state index contributed by atoms with van der Waals surface area (Å²) in [4.78, 5) is 0. The molecule has 1 rings (SSSR count). The van der Waals surface area contributed by atoms with Crippen molar-refractivity contribution in [1.29, 1.82) is 0 Å². The zero-order valence-electron chi connectivity index (χ0n) is 12.0. The normalized spacial score (nSPS) is 17.8. The molecule has 0 bridgehead atoms. The minimum absolute atomic E-state index is 0. The molecule has 1 aliphatic carbocycles. The summed E-state index contributed by atoms with van der Waals surface area (Å²) in [5, 5.41) is 0. The smallest absolute Gasteiger partial charge is 0.741 e. The van der Waals surface area contributed by atoms with E-state index in [1.165, 1.54) is 19.3 Å². The second-order valence-corrected chi connectivity index (χ2v) is 7.34. The van der Waals surface area contributed by atoms with Crippen molar-refractivity contribution in [2.45, 2.75) is 48.8 Å². The Morgan fingerprint density at radius 3 is 1.00 bits per heavy atom. The Morgan fingerprint density at radius 1 is 0.720 bits per heavy atom. The fourth-order valence-electron chi connectivity index (χ4n) is 1.21. The summed E-state index contributed by atoms with van der Waals surface area (Å²) < 4.78 is 118. The van der Waals surface area contributed by atoms with Crippen LogP contribution in [0.25, 0.3) is 0 Å². The third-order valence-corrected chi connectivity index (χ3v) is 3.49. The first-order chi connectivity index (χ1) is 10.2. The molecule has 1 radical (unpaired) electrons. The van der Waals surface area contributed by atoms with Gasteiger partial charge in [0, 0.05) is 0 Å². The molecule has 0 aromatic rings. The third-order valence-electron chi connectivity index (χ3n) is 2.35. The van der Waals surface area contributed by atoms with Crippen LogP contribution in [0, 0.1) is 0 Å². The number of halogens is 6. The van der Waals surface area contributed by atoms with Crippen LogP contribution in [-0.4, -0.2) is 42.6 Å². The van der Waals surface area contributed by atoms with E-state index in [1.54, 1.807) is 0 Å². The van der Waals surface area contributed by atoms with E-state index in [-0.39, 0.29) is 22.7 Å². The van der Waals surface area contributed by atoms with E-state index >= 15 is 0 Å². The topological polar surface area (TPSA) is 166 Å². The quantitative estimate of drug-likeness (QED) is 0.169. The second-order valence-electron chi connectivity index (χ2n) is 4.59. The van der Waals surface area contributed by atoms with Crippen LogP contribution >= 0.6 is 0 Å². The molecule has 4 N–H and O–H groups in total. The summed E-state index contributed by atoms with van der Waals surface area (Å²) in [5.74, 6) is 0. The van der Waals surface area contributed by atoms with E-state index in [4.69, 9.17) is 37.4 Å². The fraction of sp³-hybridized carbons (Fsp3) is 1.00. The molecule has 0 aromatic carbocycles. The Bertz CT molecular complexity index is 539. The van der Waals surface area contributed by atoms with E-state index in [0.29, 0.717) is 0 Å². The van der Waals surface area contributed by atoms with E-state index < -0.39 is 31.3 Å². The van der Waals surface area contributed by atoms with Crippen LogP contribution in [0.2, 0.25) is 0 Å². The summed E-state index contributed by atoms with van der Waals surface area (Å²) in [6.45, 7) is 0. The van der Waals surface area contributed by atoms with Gasteiger partial charge in [-0.1, -0.05) is 19.3 Å². The van der Waals surface area contributed by atoms with Gasteiger partial charge in [0.1, 0.15) is 0 Å². The molecule has 0 amide bonds. The van der Waals surface area contributed by atoms with Crippen LogP contribution in [0.1, 0.15) is 32.1 Å². The van der Waals surface area contributed by atoms with Gasteiger partial charge in [0.25, 0.3) is 0 Å².